The molecule has 0 bridgehead atoms. The summed E-state index contributed by atoms with van der Waals surface area (Å²) >= 11 is 1.41. The van der Waals surface area contributed by atoms with Crippen LogP contribution in [0.2, 0.25) is 0 Å². The summed E-state index contributed by atoms with van der Waals surface area (Å²) < 4.78 is 1.72. The summed E-state index contributed by atoms with van der Waals surface area (Å²) in [6, 6.07) is 17.6. The number of rotatable bonds is 5. The van der Waals surface area contributed by atoms with Crippen molar-refractivity contribution in [3.05, 3.63) is 71.3 Å². The predicted molar refractivity (Wildman–Crippen MR) is 137 cm³/mol. The number of carboxylic acids is 1. The highest BCUT2D eigenvalue weighted by Crippen LogP contribution is 2.39. The van der Waals surface area contributed by atoms with Gasteiger partial charge in [0.25, 0.3) is 5.91 Å². The fourth-order valence-electron chi connectivity index (χ4n) is 4.82. The topological polar surface area (TPSA) is 74.9 Å². The Hall–Kier alpha value is -3.32. The number of carbonyl (C=O) groups excluding carboxylic acids is 1. The van der Waals surface area contributed by atoms with Gasteiger partial charge in [-0.3, -0.25) is 14.5 Å². The highest BCUT2D eigenvalue weighted by atomic mass is 32.2. The number of carboxylic acid groups (broad SMARTS) is 1. The third-order valence-electron chi connectivity index (χ3n) is 6.42. The monoisotopic (exact) mass is 473 g/mol. The van der Waals surface area contributed by atoms with Crippen molar-refractivity contribution in [2.45, 2.75) is 51.1 Å². The summed E-state index contributed by atoms with van der Waals surface area (Å²) in [6.45, 7) is -0.125. The van der Waals surface area contributed by atoms with Gasteiger partial charge in [0.05, 0.1) is 10.6 Å². The summed E-state index contributed by atoms with van der Waals surface area (Å²) in [5.74, 6) is -0.912. The second-order valence-electron chi connectivity index (χ2n) is 8.78. The van der Waals surface area contributed by atoms with Crippen molar-refractivity contribution in [1.29, 1.82) is 0 Å². The summed E-state index contributed by atoms with van der Waals surface area (Å²) in [6.07, 6.45) is 10.4. The van der Waals surface area contributed by atoms with Gasteiger partial charge in [-0.1, -0.05) is 62.1 Å². The summed E-state index contributed by atoms with van der Waals surface area (Å²) in [5.41, 5.74) is 2.51. The quantitative estimate of drug-likeness (QED) is 0.361. The molecule has 0 spiro atoms. The molecule has 1 aromatic heterocycles. The Labute approximate surface area is 203 Å². The smallest absolute Gasteiger partial charge is 0.323 e. The van der Waals surface area contributed by atoms with Crippen LogP contribution in [0, 0.1) is 0 Å². The molecular weight excluding hydrogens is 446 g/mol. The van der Waals surface area contributed by atoms with E-state index < -0.39 is 5.97 Å². The van der Waals surface area contributed by atoms with Crippen molar-refractivity contribution in [2.75, 3.05) is 0 Å². The van der Waals surface area contributed by atoms with E-state index in [1.165, 1.54) is 24.6 Å². The van der Waals surface area contributed by atoms with E-state index in [1.807, 2.05) is 71.8 Å². The first-order chi connectivity index (χ1) is 16.6. The van der Waals surface area contributed by atoms with Crippen LogP contribution in [-0.2, 0) is 16.1 Å². The van der Waals surface area contributed by atoms with E-state index in [0.717, 1.165) is 53.0 Å². The number of carbonyl (C=O) groups is 2. The van der Waals surface area contributed by atoms with Gasteiger partial charge in [0.2, 0.25) is 0 Å². The Balaban J connectivity index is 1.55. The second kappa shape index (κ2) is 9.89. The zero-order valence-corrected chi connectivity index (χ0v) is 19.7. The van der Waals surface area contributed by atoms with E-state index in [4.69, 9.17) is 4.99 Å². The van der Waals surface area contributed by atoms with Gasteiger partial charge in [-0.15, -0.1) is 0 Å². The highest BCUT2D eigenvalue weighted by Gasteiger charge is 2.38. The normalized spacial score (nSPS) is 19.9. The molecule has 1 saturated heterocycles. The number of para-hydroxylation sites is 2. The summed E-state index contributed by atoms with van der Waals surface area (Å²) in [5, 5.41) is 11.0. The second-order valence-corrected chi connectivity index (χ2v) is 9.79. The molecule has 2 aromatic carbocycles. The highest BCUT2D eigenvalue weighted by molar-refractivity contribution is 8.18. The number of fused-ring (bicyclic) bond motifs is 1. The Kier molecular flexibility index (Phi) is 6.54. The molecule has 1 N–H and O–H groups in total. The van der Waals surface area contributed by atoms with Crippen LogP contribution in [0.1, 0.15) is 44.1 Å². The van der Waals surface area contributed by atoms with E-state index in [-0.39, 0.29) is 18.5 Å². The molecule has 2 heterocycles. The van der Waals surface area contributed by atoms with Crippen molar-refractivity contribution in [2.24, 2.45) is 4.99 Å². The lowest BCUT2D eigenvalue weighted by Gasteiger charge is -2.26. The maximum Gasteiger partial charge on any atom is 0.323 e. The van der Waals surface area contributed by atoms with Crippen LogP contribution >= 0.6 is 11.8 Å². The number of nitrogens with zero attached hydrogens (tertiary/aromatic N) is 3. The molecule has 2 fully saturated rings. The summed E-state index contributed by atoms with van der Waals surface area (Å²) in [4.78, 5) is 32.4. The maximum atomic E-state index is 13.7. The molecule has 34 heavy (non-hydrogen) atoms. The van der Waals surface area contributed by atoms with Crippen LogP contribution in [0.4, 0.5) is 5.69 Å². The average Bonchev–Trinajstić information content (AvgIpc) is 3.17. The third kappa shape index (κ3) is 4.66. The lowest BCUT2D eigenvalue weighted by molar-refractivity contribution is -0.137. The third-order valence-corrected chi connectivity index (χ3v) is 7.40. The van der Waals surface area contributed by atoms with Gasteiger partial charge in [0, 0.05) is 28.7 Å². The minimum Gasteiger partial charge on any atom is -0.480 e. The number of aromatic nitrogens is 1. The first-order valence-corrected chi connectivity index (χ1v) is 12.6. The zero-order valence-electron chi connectivity index (χ0n) is 18.9. The number of thioether (sulfide) groups is 1. The molecule has 0 atom stereocenters. The van der Waals surface area contributed by atoms with Crippen LogP contribution in [0.3, 0.4) is 0 Å². The minimum atomic E-state index is -0.900. The van der Waals surface area contributed by atoms with E-state index in [1.54, 1.807) is 4.57 Å². The van der Waals surface area contributed by atoms with Crippen LogP contribution in [0.15, 0.2) is 70.7 Å². The van der Waals surface area contributed by atoms with Gasteiger partial charge in [-0.2, -0.15) is 0 Å². The minimum absolute atomic E-state index is 0.0124. The molecule has 1 aliphatic heterocycles. The molecule has 7 heteroatoms. The molecule has 1 amide bonds. The molecule has 174 valence electrons. The number of amides is 1. The first kappa shape index (κ1) is 22.5. The average molecular weight is 474 g/mol. The van der Waals surface area contributed by atoms with Crippen molar-refractivity contribution in [3.8, 4) is 0 Å². The van der Waals surface area contributed by atoms with Crippen LogP contribution in [0.5, 0.6) is 0 Å². The van der Waals surface area contributed by atoms with Gasteiger partial charge >= 0.3 is 5.97 Å². The van der Waals surface area contributed by atoms with Crippen molar-refractivity contribution < 1.29 is 14.7 Å². The molecule has 0 unspecified atom stereocenters. The lowest BCUT2D eigenvalue weighted by Crippen LogP contribution is -2.39. The molecule has 0 radical (unpaired) electrons. The van der Waals surface area contributed by atoms with Crippen molar-refractivity contribution in [1.82, 2.24) is 9.47 Å². The standard InChI is InChI=1S/C27H27N3O3S/c31-25(32)18-29-17-19(22-14-8-9-15-23(22)29)16-24-26(33)30(21-12-6-1-2-7-13-21)27(34-24)28-20-10-4-3-5-11-20/h3-5,8-11,14-17,21H,1-2,6-7,12-13,18H2,(H,31,32)/b24-16-,28-27?. The Morgan fingerprint density at radius 2 is 1.74 bits per heavy atom. The molecule has 3 aromatic rings. The van der Waals surface area contributed by atoms with E-state index in [9.17, 15) is 14.7 Å². The molecule has 1 saturated carbocycles. The Morgan fingerprint density at radius 3 is 2.47 bits per heavy atom. The molecule has 1 aliphatic carbocycles. The van der Waals surface area contributed by atoms with E-state index in [2.05, 4.69) is 0 Å². The van der Waals surface area contributed by atoms with Gasteiger partial charge in [-0.25, -0.2) is 4.99 Å². The summed E-state index contributed by atoms with van der Waals surface area (Å²) in [7, 11) is 0. The predicted octanol–water partition coefficient (Wildman–Crippen LogP) is 6.05. The molecular formula is C27H27N3O3S. The molecule has 2 aliphatic rings. The molecule has 5 rings (SSSR count). The first-order valence-electron chi connectivity index (χ1n) is 11.8. The van der Waals surface area contributed by atoms with Crippen molar-refractivity contribution >= 4 is 51.5 Å². The van der Waals surface area contributed by atoms with Gasteiger partial charge < -0.3 is 9.67 Å². The van der Waals surface area contributed by atoms with E-state index >= 15 is 0 Å². The number of amidine groups is 1. The SMILES string of the molecule is O=C(O)Cn1cc(/C=C2\SC(=Nc3ccccc3)N(C3CCCCCC3)C2=O)c2ccccc21. The molecule has 6 nitrogen and oxygen atoms in total. The van der Waals surface area contributed by atoms with Gasteiger partial charge in [-0.05, 0) is 48.9 Å². The van der Waals surface area contributed by atoms with Gasteiger partial charge in [0.1, 0.15) is 6.54 Å². The van der Waals surface area contributed by atoms with Crippen LogP contribution < -0.4 is 0 Å². The Morgan fingerprint density at radius 1 is 1.03 bits per heavy atom. The number of aliphatic imine (C=N–C) groups is 1. The number of hydrogen-bond acceptors (Lipinski definition) is 4. The fourth-order valence-corrected chi connectivity index (χ4v) is 5.87. The van der Waals surface area contributed by atoms with E-state index in [0.29, 0.717) is 4.91 Å². The van der Waals surface area contributed by atoms with Crippen LogP contribution in [-0.4, -0.2) is 37.7 Å². The van der Waals surface area contributed by atoms with Crippen LogP contribution in [0.25, 0.3) is 17.0 Å². The lowest BCUT2D eigenvalue weighted by atomic mass is 10.1. The zero-order chi connectivity index (χ0) is 23.5. The largest absolute Gasteiger partial charge is 0.480 e. The van der Waals surface area contributed by atoms with Crippen molar-refractivity contribution in [3.63, 3.8) is 0 Å². The maximum absolute atomic E-state index is 13.7. The Bertz CT molecular complexity index is 1270. The number of benzene rings is 2. The fraction of sp³-hybridized carbons (Fsp3) is 0.296. The number of aliphatic carboxylic acids is 1. The van der Waals surface area contributed by atoms with Gasteiger partial charge in [0.15, 0.2) is 5.17 Å². The number of hydrogen-bond donors (Lipinski definition) is 1.